The van der Waals surface area contributed by atoms with Crippen LogP contribution in [0, 0.1) is 5.92 Å². The van der Waals surface area contributed by atoms with Gasteiger partial charge in [-0.05, 0) is 0 Å². The minimum absolute atomic E-state index is 0.0393. The van der Waals surface area contributed by atoms with E-state index in [9.17, 15) is 13.2 Å². The fourth-order valence-electron chi connectivity index (χ4n) is 1.06. The largest absolute Gasteiger partial charge is 0.469 e. The van der Waals surface area contributed by atoms with Crippen LogP contribution >= 0.6 is 12.2 Å². The second kappa shape index (κ2) is 6.12. The fourth-order valence-corrected chi connectivity index (χ4v) is 2.54. The Bertz CT molecular complexity index is 366. The number of thiocarbonyl (C=S) groups is 1. The molecule has 94 valence electrons. The van der Waals surface area contributed by atoms with E-state index in [1.807, 2.05) is 0 Å². The minimum Gasteiger partial charge on any atom is -0.469 e. The lowest BCUT2D eigenvalue weighted by atomic mass is 10.2. The van der Waals surface area contributed by atoms with Gasteiger partial charge in [-0.25, -0.2) is 12.7 Å². The molecule has 0 saturated carbocycles. The molecule has 0 aromatic carbocycles. The number of sulfonamides is 1. The summed E-state index contributed by atoms with van der Waals surface area (Å²) in [6.07, 6.45) is 0. The van der Waals surface area contributed by atoms with E-state index in [2.05, 4.69) is 17.0 Å². The van der Waals surface area contributed by atoms with Gasteiger partial charge < -0.3 is 10.5 Å². The third kappa shape index (κ3) is 4.86. The highest BCUT2D eigenvalue weighted by molar-refractivity contribution is 7.92. The van der Waals surface area contributed by atoms with Crippen molar-refractivity contribution in [2.45, 2.75) is 6.92 Å². The molecule has 0 aromatic rings. The van der Waals surface area contributed by atoms with E-state index in [0.717, 1.165) is 4.31 Å². The van der Waals surface area contributed by atoms with Crippen molar-refractivity contribution < 1.29 is 17.9 Å². The molecule has 1 unspecified atom stereocenters. The lowest BCUT2D eigenvalue weighted by Gasteiger charge is -2.19. The zero-order valence-electron chi connectivity index (χ0n) is 9.47. The average molecular weight is 268 g/mol. The molecule has 0 aliphatic heterocycles. The monoisotopic (exact) mass is 268 g/mol. The van der Waals surface area contributed by atoms with Crippen LogP contribution in [0.4, 0.5) is 0 Å². The molecule has 0 bridgehead atoms. The average Bonchev–Trinajstić information content (AvgIpc) is 2.14. The van der Waals surface area contributed by atoms with Crippen LogP contribution < -0.4 is 5.73 Å². The summed E-state index contributed by atoms with van der Waals surface area (Å²) in [6.45, 7) is 1.62. The number of esters is 1. The number of carbonyl (C=O) groups is 1. The van der Waals surface area contributed by atoms with Crippen molar-refractivity contribution in [1.29, 1.82) is 0 Å². The SMILES string of the molecule is COC(=O)C(C)CN(C)S(=O)(=O)CC(N)=S. The zero-order chi connectivity index (χ0) is 12.9. The van der Waals surface area contributed by atoms with Crippen molar-refractivity contribution >= 4 is 33.2 Å². The molecule has 2 N–H and O–H groups in total. The molecule has 0 aromatic heterocycles. The number of nitrogens with zero attached hydrogens (tertiary/aromatic N) is 1. The van der Waals surface area contributed by atoms with Crippen LogP contribution in [0.15, 0.2) is 0 Å². The molecule has 0 spiro atoms. The summed E-state index contributed by atoms with van der Waals surface area (Å²) >= 11 is 4.53. The number of hydrogen-bond acceptors (Lipinski definition) is 5. The van der Waals surface area contributed by atoms with Crippen LogP contribution in [0.25, 0.3) is 0 Å². The van der Waals surface area contributed by atoms with Crippen molar-refractivity contribution in [3.8, 4) is 0 Å². The molecule has 0 rings (SSSR count). The number of carbonyl (C=O) groups excluding carboxylic acids is 1. The Balaban J connectivity index is 4.52. The second-order valence-corrected chi connectivity index (χ2v) is 6.03. The van der Waals surface area contributed by atoms with Gasteiger partial charge in [0.2, 0.25) is 10.0 Å². The molecule has 0 aliphatic rings. The highest BCUT2D eigenvalue weighted by atomic mass is 32.2. The van der Waals surface area contributed by atoms with E-state index in [1.165, 1.54) is 14.2 Å². The van der Waals surface area contributed by atoms with Gasteiger partial charge in [0.05, 0.1) is 18.0 Å². The summed E-state index contributed by atoms with van der Waals surface area (Å²) in [5.74, 6) is -1.39. The van der Waals surface area contributed by atoms with Crippen LogP contribution in [0.5, 0.6) is 0 Å². The summed E-state index contributed by atoms with van der Waals surface area (Å²) in [5, 5.41) is 0. The summed E-state index contributed by atoms with van der Waals surface area (Å²) in [7, 11) is -0.917. The van der Waals surface area contributed by atoms with Crippen molar-refractivity contribution in [1.82, 2.24) is 4.31 Å². The third-order valence-corrected chi connectivity index (χ3v) is 4.04. The number of methoxy groups -OCH3 is 1. The Morgan fingerprint density at radius 1 is 1.56 bits per heavy atom. The molecule has 0 radical (unpaired) electrons. The molecule has 0 heterocycles. The minimum atomic E-state index is -3.54. The highest BCUT2D eigenvalue weighted by Gasteiger charge is 2.24. The van der Waals surface area contributed by atoms with Crippen LogP contribution in [-0.4, -0.2) is 50.1 Å². The highest BCUT2D eigenvalue weighted by Crippen LogP contribution is 2.05. The topological polar surface area (TPSA) is 89.7 Å². The van der Waals surface area contributed by atoms with Crippen LogP contribution in [0.2, 0.25) is 0 Å². The number of rotatable bonds is 6. The van der Waals surface area contributed by atoms with Crippen molar-refractivity contribution in [3.05, 3.63) is 0 Å². The summed E-state index contributed by atoms with van der Waals surface area (Å²) in [6, 6.07) is 0. The third-order valence-electron chi connectivity index (χ3n) is 1.93. The second-order valence-electron chi connectivity index (χ2n) is 3.43. The Kier molecular flexibility index (Phi) is 5.84. The first-order chi connectivity index (χ1) is 7.20. The normalized spacial score (nSPS) is 13.5. The molecule has 6 nitrogen and oxygen atoms in total. The van der Waals surface area contributed by atoms with Gasteiger partial charge in [0.25, 0.3) is 0 Å². The van der Waals surface area contributed by atoms with Gasteiger partial charge in [-0.1, -0.05) is 19.1 Å². The van der Waals surface area contributed by atoms with Gasteiger partial charge in [0, 0.05) is 13.6 Å². The van der Waals surface area contributed by atoms with E-state index in [4.69, 9.17) is 5.73 Å². The molecule has 0 fully saturated rings. The van der Waals surface area contributed by atoms with Crippen molar-refractivity contribution in [2.75, 3.05) is 26.5 Å². The Morgan fingerprint density at radius 2 is 2.06 bits per heavy atom. The number of hydrogen-bond donors (Lipinski definition) is 1. The lowest BCUT2D eigenvalue weighted by molar-refractivity contribution is -0.144. The molecule has 0 saturated heterocycles. The molecule has 16 heavy (non-hydrogen) atoms. The standard InChI is InChI=1S/C8H16N2O4S2/c1-6(8(11)14-3)4-10(2)16(12,13)5-7(9)15/h6H,4-5H2,1-3H3,(H2,9,15). The molecule has 0 aliphatic carbocycles. The molecule has 0 amide bonds. The van der Waals surface area contributed by atoms with Crippen LogP contribution in [0.3, 0.4) is 0 Å². The van der Waals surface area contributed by atoms with Crippen LogP contribution in [0.1, 0.15) is 6.92 Å². The van der Waals surface area contributed by atoms with Crippen molar-refractivity contribution in [2.24, 2.45) is 11.7 Å². The predicted molar refractivity (Wildman–Crippen MR) is 64.4 cm³/mol. The van der Waals surface area contributed by atoms with Gasteiger partial charge >= 0.3 is 5.97 Å². The smallest absolute Gasteiger partial charge is 0.309 e. The number of nitrogens with two attached hydrogens (primary N) is 1. The predicted octanol–water partition coefficient (Wildman–Crippen LogP) is -0.657. The van der Waals surface area contributed by atoms with E-state index in [1.54, 1.807) is 6.92 Å². The van der Waals surface area contributed by atoms with E-state index < -0.39 is 27.7 Å². The maximum Gasteiger partial charge on any atom is 0.309 e. The van der Waals surface area contributed by atoms with E-state index in [0.29, 0.717) is 0 Å². The van der Waals surface area contributed by atoms with E-state index in [-0.39, 0.29) is 11.5 Å². The molecular weight excluding hydrogens is 252 g/mol. The maximum atomic E-state index is 11.6. The molecule has 1 atom stereocenters. The molecular formula is C8H16N2O4S2. The van der Waals surface area contributed by atoms with Gasteiger partial charge in [0.1, 0.15) is 5.75 Å². The summed E-state index contributed by atoms with van der Waals surface area (Å²) < 4.78 is 28.7. The molecule has 8 heteroatoms. The summed E-state index contributed by atoms with van der Waals surface area (Å²) in [5.41, 5.74) is 5.17. The maximum absolute atomic E-state index is 11.6. The van der Waals surface area contributed by atoms with Gasteiger partial charge in [-0.15, -0.1) is 0 Å². The lowest BCUT2D eigenvalue weighted by Crippen LogP contribution is -2.38. The quantitative estimate of drug-likeness (QED) is 0.508. The van der Waals surface area contributed by atoms with Gasteiger partial charge in [-0.3, -0.25) is 4.79 Å². The van der Waals surface area contributed by atoms with Gasteiger partial charge in [-0.2, -0.15) is 0 Å². The zero-order valence-corrected chi connectivity index (χ0v) is 11.1. The Labute approximate surface area is 101 Å². The number of ether oxygens (including phenoxy) is 1. The summed E-state index contributed by atoms with van der Waals surface area (Å²) in [4.78, 5) is 11.0. The van der Waals surface area contributed by atoms with Crippen molar-refractivity contribution in [3.63, 3.8) is 0 Å². The van der Waals surface area contributed by atoms with Crippen LogP contribution in [-0.2, 0) is 19.6 Å². The fraction of sp³-hybridized carbons (Fsp3) is 0.750. The Hall–Kier alpha value is -0.730. The first-order valence-corrected chi connectivity index (χ1v) is 6.52. The first kappa shape index (κ1) is 15.3. The van der Waals surface area contributed by atoms with E-state index >= 15 is 0 Å². The first-order valence-electron chi connectivity index (χ1n) is 4.51. The van der Waals surface area contributed by atoms with Gasteiger partial charge in [0.15, 0.2) is 0 Å². The Morgan fingerprint density at radius 3 is 2.44 bits per heavy atom.